The van der Waals surface area contributed by atoms with Crippen LogP contribution in [0, 0.1) is 13.8 Å². The third kappa shape index (κ3) is 3.60. The molecule has 106 valence electrons. The first-order valence-electron chi connectivity index (χ1n) is 6.48. The molecule has 1 aromatic carbocycles. The van der Waals surface area contributed by atoms with Gasteiger partial charge in [0.1, 0.15) is 12.4 Å². The van der Waals surface area contributed by atoms with Gasteiger partial charge in [0.2, 0.25) is 0 Å². The van der Waals surface area contributed by atoms with Gasteiger partial charge in [0.05, 0.1) is 25.0 Å². The summed E-state index contributed by atoms with van der Waals surface area (Å²) in [6.45, 7) is 5.30. The Balaban J connectivity index is 1.85. The standard InChI is InChI=1S/C15H18N2O3/c1-11-12(2)17(10-16-11)7-8-20-14-5-3-13(4-6-14)9-15(18)19/h3-6,10H,7-9H2,1-2H3,(H,18,19). The van der Waals surface area contributed by atoms with Crippen molar-refractivity contribution < 1.29 is 14.6 Å². The molecule has 0 radical (unpaired) electrons. The Kier molecular flexibility index (Phi) is 4.40. The Bertz CT molecular complexity index is 588. The SMILES string of the molecule is Cc1ncn(CCOc2ccc(CC(=O)O)cc2)c1C. The van der Waals surface area contributed by atoms with Crippen LogP contribution in [0.4, 0.5) is 0 Å². The molecule has 0 atom stereocenters. The van der Waals surface area contributed by atoms with Gasteiger partial charge in [-0.05, 0) is 31.5 Å². The van der Waals surface area contributed by atoms with Crippen molar-refractivity contribution in [2.75, 3.05) is 6.61 Å². The van der Waals surface area contributed by atoms with Gasteiger partial charge in [-0.3, -0.25) is 4.79 Å². The molecule has 0 amide bonds. The van der Waals surface area contributed by atoms with Crippen LogP contribution < -0.4 is 4.74 Å². The lowest BCUT2D eigenvalue weighted by Crippen LogP contribution is -2.08. The van der Waals surface area contributed by atoms with Gasteiger partial charge in [0.15, 0.2) is 0 Å². The summed E-state index contributed by atoms with van der Waals surface area (Å²) in [4.78, 5) is 14.8. The van der Waals surface area contributed by atoms with Crippen LogP contribution >= 0.6 is 0 Å². The van der Waals surface area contributed by atoms with Gasteiger partial charge in [-0.15, -0.1) is 0 Å². The normalized spacial score (nSPS) is 10.5. The predicted molar refractivity (Wildman–Crippen MR) is 75.0 cm³/mol. The Morgan fingerprint density at radius 3 is 2.55 bits per heavy atom. The smallest absolute Gasteiger partial charge is 0.307 e. The van der Waals surface area contributed by atoms with Crippen LogP contribution in [0.2, 0.25) is 0 Å². The Labute approximate surface area is 117 Å². The van der Waals surface area contributed by atoms with Crippen molar-refractivity contribution in [3.8, 4) is 5.75 Å². The van der Waals surface area contributed by atoms with E-state index in [0.29, 0.717) is 6.61 Å². The number of benzene rings is 1. The number of hydrogen-bond acceptors (Lipinski definition) is 3. The largest absolute Gasteiger partial charge is 0.492 e. The highest BCUT2D eigenvalue weighted by Gasteiger charge is 2.03. The number of ether oxygens (including phenoxy) is 1. The van der Waals surface area contributed by atoms with Gasteiger partial charge < -0.3 is 14.4 Å². The summed E-state index contributed by atoms with van der Waals surface area (Å²) < 4.78 is 7.69. The molecule has 0 aliphatic carbocycles. The quantitative estimate of drug-likeness (QED) is 0.877. The topological polar surface area (TPSA) is 64.4 Å². The molecular formula is C15H18N2O3. The highest BCUT2D eigenvalue weighted by atomic mass is 16.5. The first-order chi connectivity index (χ1) is 9.56. The van der Waals surface area contributed by atoms with Crippen LogP contribution in [0.25, 0.3) is 0 Å². The fourth-order valence-corrected chi connectivity index (χ4v) is 1.91. The van der Waals surface area contributed by atoms with Crippen molar-refractivity contribution in [2.24, 2.45) is 0 Å². The lowest BCUT2D eigenvalue weighted by molar-refractivity contribution is -0.136. The summed E-state index contributed by atoms with van der Waals surface area (Å²) in [6, 6.07) is 7.14. The van der Waals surface area contributed by atoms with Crippen LogP contribution in [0.5, 0.6) is 5.75 Å². The molecule has 1 aromatic heterocycles. The van der Waals surface area contributed by atoms with E-state index in [-0.39, 0.29) is 6.42 Å². The summed E-state index contributed by atoms with van der Waals surface area (Å²) in [5.74, 6) is -0.0850. The minimum Gasteiger partial charge on any atom is -0.492 e. The van der Waals surface area contributed by atoms with Gasteiger partial charge in [-0.2, -0.15) is 0 Å². The third-order valence-electron chi connectivity index (χ3n) is 3.22. The number of nitrogens with zero attached hydrogens (tertiary/aromatic N) is 2. The van der Waals surface area contributed by atoms with Gasteiger partial charge in [-0.25, -0.2) is 4.98 Å². The fourth-order valence-electron chi connectivity index (χ4n) is 1.91. The minimum atomic E-state index is -0.829. The van der Waals surface area contributed by atoms with E-state index in [1.54, 1.807) is 24.3 Å². The molecule has 1 N–H and O–H groups in total. The maximum absolute atomic E-state index is 10.6. The van der Waals surface area contributed by atoms with Crippen molar-refractivity contribution in [2.45, 2.75) is 26.8 Å². The zero-order valence-electron chi connectivity index (χ0n) is 11.7. The number of rotatable bonds is 6. The Hall–Kier alpha value is -2.30. The Morgan fingerprint density at radius 1 is 1.30 bits per heavy atom. The van der Waals surface area contributed by atoms with E-state index < -0.39 is 5.97 Å². The molecule has 0 bridgehead atoms. The zero-order valence-corrected chi connectivity index (χ0v) is 11.7. The fraction of sp³-hybridized carbons (Fsp3) is 0.333. The summed E-state index contributed by atoms with van der Waals surface area (Å²) in [7, 11) is 0. The second-order valence-electron chi connectivity index (χ2n) is 4.67. The number of imidazole rings is 1. The monoisotopic (exact) mass is 274 g/mol. The number of aliphatic carboxylic acids is 1. The average molecular weight is 274 g/mol. The van der Waals surface area contributed by atoms with Gasteiger partial charge in [0.25, 0.3) is 0 Å². The molecule has 0 aliphatic heterocycles. The Morgan fingerprint density at radius 2 is 2.00 bits per heavy atom. The van der Waals surface area contributed by atoms with E-state index in [9.17, 15) is 4.79 Å². The molecule has 5 nitrogen and oxygen atoms in total. The van der Waals surface area contributed by atoms with Crippen molar-refractivity contribution in [3.63, 3.8) is 0 Å². The molecule has 20 heavy (non-hydrogen) atoms. The molecule has 5 heteroatoms. The third-order valence-corrected chi connectivity index (χ3v) is 3.22. The first kappa shape index (κ1) is 14.1. The zero-order chi connectivity index (χ0) is 14.5. The lowest BCUT2D eigenvalue weighted by Gasteiger charge is -2.08. The van der Waals surface area contributed by atoms with Crippen LogP contribution in [0.1, 0.15) is 17.0 Å². The van der Waals surface area contributed by atoms with E-state index in [1.807, 2.05) is 24.7 Å². The van der Waals surface area contributed by atoms with Crippen molar-refractivity contribution in [1.82, 2.24) is 9.55 Å². The predicted octanol–water partition coefficient (Wildman–Crippen LogP) is 2.21. The van der Waals surface area contributed by atoms with Crippen LogP contribution in [-0.4, -0.2) is 27.2 Å². The van der Waals surface area contributed by atoms with Gasteiger partial charge >= 0.3 is 5.97 Å². The molecule has 1 heterocycles. The number of hydrogen-bond donors (Lipinski definition) is 1. The molecule has 2 rings (SSSR count). The summed E-state index contributed by atoms with van der Waals surface area (Å²) in [5, 5.41) is 8.69. The number of carboxylic acids is 1. The second kappa shape index (κ2) is 6.23. The van der Waals surface area contributed by atoms with E-state index in [1.165, 1.54) is 0 Å². The molecule has 0 aliphatic rings. The number of aryl methyl sites for hydroxylation is 1. The average Bonchev–Trinajstić information content (AvgIpc) is 2.72. The van der Waals surface area contributed by atoms with E-state index in [2.05, 4.69) is 4.98 Å². The molecular weight excluding hydrogens is 256 g/mol. The van der Waals surface area contributed by atoms with Crippen LogP contribution in [0.15, 0.2) is 30.6 Å². The van der Waals surface area contributed by atoms with Crippen molar-refractivity contribution >= 4 is 5.97 Å². The van der Waals surface area contributed by atoms with Crippen LogP contribution in [0.3, 0.4) is 0 Å². The molecule has 0 saturated heterocycles. The molecule has 0 spiro atoms. The second-order valence-corrected chi connectivity index (χ2v) is 4.67. The van der Waals surface area contributed by atoms with Gasteiger partial charge in [0, 0.05) is 5.69 Å². The van der Waals surface area contributed by atoms with E-state index >= 15 is 0 Å². The maximum atomic E-state index is 10.6. The summed E-state index contributed by atoms with van der Waals surface area (Å²) in [5.41, 5.74) is 2.94. The van der Waals surface area contributed by atoms with E-state index in [0.717, 1.165) is 29.2 Å². The number of carboxylic acid groups (broad SMARTS) is 1. The molecule has 0 unspecified atom stereocenters. The molecule has 2 aromatic rings. The first-order valence-corrected chi connectivity index (χ1v) is 6.48. The van der Waals surface area contributed by atoms with Crippen molar-refractivity contribution in [1.29, 1.82) is 0 Å². The lowest BCUT2D eigenvalue weighted by atomic mass is 10.1. The van der Waals surface area contributed by atoms with E-state index in [4.69, 9.17) is 9.84 Å². The number of carbonyl (C=O) groups is 1. The minimum absolute atomic E-state index is 0.0355. The highest BCUT2D eigenvalue weighted by molar-refractivity contribution is 5.70. The summed E-state index contributed by atoms with van der Waals surface area (Å²) >= 11 is 0. The number of aromatic nitrogens is 2. The maximum Gasteiger partial charge on any atom is 0.307 e. The molecule has 0 saturated carbocycles. The van der Waals surface area contributed by atoms with Gasteiger partial charge in [-0.1, -0.05) is 12.1 Å². The summed E-state index contributed by atoms with van der Waals surface area (Å²) in [6.07, 6.45) is 1.85. The van der Waals surface area contributed by atoms with Crippen LogP contribution in [-0.2, 0) is 17.8 Å². The molecule has 0 fully saturated rings. The highest BCUT2D eigenvalue weighted by Crippen LogP contribution is 2.13. The van der Waals surface area contributed by atoms with Crippen molar-refractivity contribution in [3.05, 3.63) is 47.5 Å².